The molecular weight excluding hydrogens is 487 g/mol. The number of likely N-dealkylation sites (tertiary alicyclic amines) is 1. The van der Waals surface area contributed by atoms with Crippen LogP contribution in [-0.2, 0) is 11.2 Å². The molecule has 1 aromatic rings. The molecule has 2 saturated carbocycles. The Morgan fingerprint density at radius 2 is 1.87 bits per heavy atom. The van der Waals surface area contributed by atoms with Gasteiger partial charge in [-0.15, -0.1) is 24.0 Å². The normalized spacial score (nSPS) is 23.6. The smallest absolute Gasteiger partial charge is 0.225 e. The van der Waals surface area contributed by atoms with Gasteiger partial charge in [-0.25, -0.2) is 0 Å². The molecule has 2 N–H and O–H groups in total. The van der Waals surface area contributed by atoms with Gasteiger partial charge in [0.15, 0.2) is 5.96 Å². The summed E-state index contributed by atoms with van der Waals surface area (Å²) < 4.78 is 0. The molecule has 0 bridgehead atoms. The van der Waals surface area contributed by atoms with Gasteiger partial charge in [0, 0.05) is 38.6 Å². The van der Waals surface area contributed by atoms with Crippen LogP contribution in [0.4, 0.5) is 0 Å². The summed E-state index contributed by atoms with van der Waals surface area (Å²) in [5.41, 5.74) is 1.79. The summed E-state index contributed by atoms with van der Waals surface area (Å²) in [5, 5.41) is 7.12. The van der Waals surface area contributed by atoms with E-state index >= 15 is 0 Å². The van der Waals surface area contributed by atoms with Crippen molar-refractivity contribution in [3.8, 4) is 0 Å². The number of benzene rings is 1. The Balaban J connectivity index is 0.00000256. The van der Waals surface area contributed by atoms with Gasteiger partial charge in [0.25, 0.3) is 0 Å². The minimum absolute atomic E-state index is 0. The van der Waals surface area contributed by atoms with Crippen molar-refractivity contribution in [2.45, 2.75) is 63.8 Å². The summed E-state index contributed by atoms with van der Waals surface area (Å²) in [7, 11) is 1.84. The van der Waals surface area contributed by atoms with Crippen LogP contribution >= 0.6 is 24.0 Å². The third-order valence-corrected chi connectivity index (χ3v) is 7.03. The van der Waals surface area contributed by atoms with E-state index in [0.717, 1.165) is 51.3 Å². The van der Waals surface area contributed by atoms with Gasteiger partial charge in [0.2, 0.25) is 5.91 Å². The zero-order valence-electron chi connectivity index (χ0n) is 18.2. The fourth-order valence-electron chi connectivity index (χ4n) is 4.97. The number of aliphatic imine (C=N–C) groups is 1. The zero-order valence-corrected chi connectivity index (χ0v) is 20.6. The molecule has 0 spiro atoms. The van der Waals surface area contributed by atoms with Crippen LogP contribution in [0.3, 0.4) is 0 Å². The van der Waals surface area contributed by atoms with E-state index in [1.165, 1.54) is 37.7 Å². The van der Waals surface area contributed by atoms with Crippen LogP contribution in [0.5, 0.6) is 0 Å². The Morgan fingerprint density at radius 3 is 2.53 bits per heavy atom. The van der Waals surface area contributed by atoms with Crippen molar-refractivity contribution in [1.82, 2.24) is 15.5 Å². The third kappa shape index (κ3) is 6.11. The summed E-state index contributed by atoms with van der Waals surface area (Å²) in [6, 6.07) is 11.1. The topological polar surface area (TPSA) is 56.7 Å². The van der Waals surface area contributed by atoms with E-state index in [0.29, 0.717) is 17.4 Å². The molecule has 5 nitrogen and oxygen atoms in total. The molecule has 1 amide bonds. The third-order valence-electron chi connectivity index (χ3n) is 7.03. The molecule has 2 aliphatic carbocycles. The largest absolute Gasteiger partial charge is 0.356 e. The average molecular weight is 524 g/mol. The van der Waals surface area contributed by atoms with Crippen LogP contribution in [0, 0.1) is 11.3 Å². The van der Waals surface area contributed by atoms with Gasteiger partial charge in [-0.3, -0.25) is 9.79 Å². The Labute approximate surface area is 198 Å². The van der Waals surface area contributed by atoms with E-state index in [9.17, 15) is 4.79 Å². The Hall–Kier alpha value is -1.31. The number of nitrogens with zero attached hydrogens (tertiary/aromatic N) is 2. The van der Waals surface area contributed by atoms with E-state index in [4.69, 9.17) is 0 Å². The lowest BCUT2D eigenvalue weighted by atomic mass is 9.88. The van der Waals surface area contributed by atoms with Gasteiger partial charge in [0.1, 0.15) is 0 Å². The van der Waals surface area contributed by atoms with Gasteiger partial charge >= 0.3 is 0 Å². The maximum absolute atomic E-state index is 12.8. The lowest BCUT2D eigenvalue weighted by Crippen LogP contribution is -2.47. The van der Waals surface area contributed by atoms with E-state index in [2.05, 4.69) is 50.9 Å². The van der Waals surface area contributed by atoms with Crippen LogP contribution in [0.2, 0.25) is 0 Å². The molecule has 1 atom stereocenters. The number of carbonyl (C=O) groups is 1. The summed E-state index contributed by atoms with van der Waals surface area (Å²) in [5.74, 6) is 1.53. The first-order valence-corrected chi connectivity index (χ1v) is 11.5. The fraction of sp³-hybridized carbons (Fsp3) is 0.667. The van der Waals surface area contributed by atoms with Crippen molar-refractivity contribution in [3.63, 3.8) is 0 Å². The van der Waals surface area contributed by atoms with Crippen molar-refractivity contribution < 1.29 is 4.79 Å². The molecule has 4 rings (SSSR count). The van der Waals surface area contributed by atoms with Crippen molar-refractivity contribution >= 4 is 35.8 Å². The molecule has 30 heavy (non-hydrogen) atoms. The van der Waals surface area contributed by atoms with E-state index < -0.39 is 0 Å². The maximum Gasteiger partial charge on any atom is 0.225 e. The number of halogens is 1. The SMILES string of the molecule is CN=C(NCC1(Cc2ccccc2)CC1)NC1CCN(C(=O)C2CCCCC2)C1.I. The molecule has 166 valence electrons. The highest BCUT2D eigenvalue weighted by Crippen LogP contribution is 2.47. The monoisotopic (exact) mass is 524 g/mol. The average Bonchev–Trinajstić information content (AvgIpc) is 3.37. The highest BCUT2D eigenvalue weighted by Gasteiger charge is 2.42. The van der Waals surface area contributed by atoms with Crippen LogP contribution in [-0.4, -0.2) is 49.5 Å². The van der Waals surface area contributed by atoms with Crippen molar-refractivity contribution in [2.75, 3.05) is 26.7 Å². The molecule has 0 radical (unpaired) electrons. The first-order chi connectivity index (χ1) is 14.2. The minimum Gasteiger partial charge on any atom is -0.356 e. The highest BCUT2D eigenvalue weighted by molar-refractivity contribution is 14.0. The summed E-state index contributed by atoms with van der Waals surface area (Å²) >= 11 is 0. The Bertz CT molecular complexity index is 713. The van der Waals surface area contributed by atoms with Crippen LogP contribution in [0.1, 0.15) is 56.9 Å². The number of guanidine groups is 1. The van der Waals surface area contributed by atoms with E-state index in [-0.39, 0.29) is 29.9 Å². The first kappa shape index (κ1) is 23.4. The fourth-order valence-corrected chi connectivity index (χ4v) is 4.97. The Kier molecular flexibility index (Phi) is 8.43. The maximum atomic E-state index is 12.8. The summed E-state index contributed by atoms with van der Waals surface area (Å²) in [6.45, 7) is 2.64. The zero-order chi connectivity index (χ0) is 20.1. The molecule has 1 saturated heterocycles. The molecule has 3 aliphatic rings. The summed E-state index contributed by atoms with van der Waals surface area (Å²) in [6.07, 6.45) is 10.6. The van der Waals surface area contributed by atoms with Gasteiger partial charge < -0.3 is 15.5 Å². The standard InChI is InChI=1S/C24H36N4O.HI/c1-25-23(26-18-24(13-14-24)16-19-8-4-2-5-9-19)27-21-12-15-28(17-21)22(29)20-10-6-3-7-11-20;/h2,4-5,8-9,20-21H,3,6-7,10-18H2,1H3,(H2,25,26,27);1H. The number of rotatable bonds is 6. The van der Waals surface area contributed by atoms with Crippen LogP contribution in [0.25, 0.3) is 0 Å². The number of amides is 1. The van der Waals surface area contributed by atoms with E-state index in [1.54, 1.807) is 0 Å². The van der Waals surface area contributed by atoms with Crippen molar-refractivity contribution in [1.29, 1.82) is 0 Å². The number of hydrogen-bond donors (Lipinski definition) is 2. The quantitative estimate of drug-likeness (QED) is 0.337. The highest BCUT2D eigenvalue weighted by atomic mass is 127. The van der Waals surface area contributed by atoms with Crippen molar-refractivity contribution in [3.05, 3.63) is 35.9 Å². The molecule has 6 heteroatoms. The minimum atomic E-state index is 0. The molecular formula is C24H37IN4O. The molecule has 1 heterocycles. The lowest BCUT2D eigenvalue weighted by Gasteiger charge is -2.26. The van der Waals surface area contributed by atoms with Gasteiger partial charge in [-0.1, -0.05) is 49.6 Å². The molecule has 0 aromatic heterocycles. The van der Waals surface area contributed by atoms with Gasteiger partial charge in [-0.05, 0) is 49.5 Å². The second-order valence-corrected chi connectivity index (χ2v) is 9.34. The van der Waals surface area contributed by atoms with Gasteiger partial charge in [0.05, 0.1) is 0 Å². The number of hydrogen-bond acceptors (Lipinski definition) is 2. The first-order valence-electron chi connectivity index (χ1n) is 11.5. The van der Waals surface area contributed by atoms with Gasteiger partial charge in [-0.2, -0.15) is 0 Å². The predicted molar refractivity (Wildman–Crippen MR) is 133 cm³/mol. The second kappa shape index (κ2) is 10.8. The molecule has 3 fully saturated rings. The molecule has 1 unspecified atom stereocenters. The summed E-state index contributed by atoms with van der Waals surface area (Å²) in [4.78, 5) is 19.3. The van der Waals surface area contributed by atoms with Crippen LogP contribution in [0.15, 0.2) is 35.3 Å². The number of nitrogens with one attached hydrogen (secondary N) is 2. The second-order valence-electron chi connectivity index (χ2n) is 9.34. The number of carbonyl (C=O) groups excluding carboxylic acids is 1. The van der Waals surface area contributed by atoms with E-state index in [1.807, 2.05) is 7.05 Å². The Morgan fingerprint density at radius 1 is 1.13 bits per heavy atom. The lowest BCUT2D eigenvalue weighted by molar-refractivity contribution is -0.135. The molecule has 1 aliphatic heterocycles. The predicted octanol–water partition coefficient (Wildman–Crippen LogP) is 3.97. The van der Waals surface area contributed by atoms with Crippen molar-refractivity contribution in [2.24, 2.45) is 16.3 Å². The molecule has 1 aromatic carbocycles. The van der Waals surface area contributed by atoms with Crippen LogP contribution < -0.4 is 10.6 Å².